The van der Waals surface area contributed by atoms with Crippen LogP contribution < -0.4 is 10.5 Å². The molecule has 3 N–H and O–H groups in total. The molecule has 0 aliphatic heterocycles. The van der Waals surface area contributed by atoms with Crippen LogP contribution in [-0.4, -0.2) is 29.6 Å². The van der Waals surface area contributed by atoms with Gasteiger partial charge in [0.25, 0.3) is 0 Å². The normalized spacial score (nSPS) is 10.9. The summed E-state index contributed by atoms with van der Waals surface area (Å²) in [6.07, 6.45) is 3.74. The molecule has 0 aliphatic carbocycles. The molecule has 2 aromatic carbocycles. The first-order valence-electron chi connectivity index (χ1n) is 10.0. The summed E-state index contributed by atoms with van der Waals surface area (Å²) in [7, 11) is 1.50. The van der Waals surface area contributed by atoms with Crippen molar-refractivity contribution in [1.29, 1.82) is 0 Å². The largest absolute Gasteiger partial charge is 0.436 e. The predicted molar refractivity (Wildman–Crippen MR) is 126 cm³/mol. The molecule has 1 heterocycles. The zero-order chi connectivity index (χ0) is 22.1. The molecule has 6 nitrogen and oxygen atoms in total. The van der Waals surface area contributed by atoms with Crippen molar-refractivity contribution in [1.82, 2.24) is 9.97 Å². The molecule has 0 aliphatic rings. The van der Waals surface area contributed by atoms with Crippen LogP contribution in [0.5, 0.6) is 5.75 Å². The Balaban J connectivity index is 0.00000155. The van der Waals surface area contributed by atoms with E-state index in [1.54, 1.807) is 6.33 Å². The second kappa shape index (κ2) is 11.1. The number of H-pyrrole nitrogens is 1. The van der Waals surface area contributed by atoms with E-state index in [-0.39, 0.29) is 0 Å². The van der Waals surface area contributed by atoms with Crippen molar-refractivity contribution < 1.29 is 4.74 Å². The lowest BCUT2D eigenvalue weighted by Gasteiger charge is -2.14. The fourth-order valence-electron chi connectivity index (χ4n) is 3.26. The molecule has 0 radical (unpaired) electrons. The molecule has 3 rings (SSSR count). The first-order valence-corrected chi connectivity index (χ1v) is 10.0. The Bertz CT molecular complexity index is 980. The van der Waals surface area contributed by atoms with E-state index in [4.69, 9.17) is 9.73 Å². The highest BCUT2D eigenvalue weighted by atomic mass is 16.5. The van der Waals surface area contributed by atoms with E-state index < -0.39 is 0 Å². The zero-order valence-corrected chi connectivity index (χ0v) is 18.5. The van der Waals surface area contributed by atoms with Crippen LogP contribution in [0, 0.1) is 20.8 Å². The average Bonchev–Trinajstić information content (AvgIpc) is 3.21. The SMILES string of the molecule is C=Nc1nc[nH]c1C(=Nc1ccc(CCC)cc1)Oc1c(C)cc(C)cc1C.CN. The quantitative estimate of drug-likeness (QED) is 0.428. The molecule has 0 fully saturated rings. The van der Waals surface area contributed by atoms with E-state index in [0.717, 1.165) is 35.4 Å². The van der Waals surface area contributed by atoms with E-state index in [9.17, 15) is 0 Å². The Hall–Kier alpha value is -3.25. The summed E-state index contributed by atoms with van der Waals surface area (Å²) < 4.78 is 6.29. The Morgan fingerprint density at radius 1 is 1.10 bits per heavy atom. The van der Waals surface area contributed by atoms with Gasteiger partial charge >= 0.3 is 0 Å². The van der Waals surface area contributed by atoms with E-state index in [2.05, 4.69) is 65.5 Å². The van der Waals surface area contributed by atoms with Gasteiger partial charge in [-0.15, -0.1) is 0 Å². The van der Waals surface area contributed by atoms with Crippen LogP contribution in [0.15, 0.2) is 52.7 Å². The molecule has 1 aromatic heterocycles. The summed E-state index contributed by atoms with van der Waals surface area (Å²) in [6, 6.07) is 12.4. The lowest BCUT2D eigenvalue weighted by Crippen LogP contribution is -2.13. The number of aromatic nitrogens is 2. The fourth-order valence-corrected chi connectivity index (χ4v) is 3.26. The van der Waals surface area contributed by atoms with E-state index in [0.29, 0.717) is 17.4 Å². The van der Waals surface area contributed by atoms with Gasteiger partial charge in [0, 0.05) is 0 Å². The van der Waals surface area contributed by atoms with Crippen LogP contribution in [0.4, 0.5) is 11.5 Å². The molecular weight excluding hydrogens is 374 g/mol. The van der Waals surface area contributed by atoms with Crippen LogP contribution in [0.1, 0.15) is 41.3 Å². The Morgan fingerprint density at radius 2 is 1.73 bits per heavy atom. The first-order chi connectivity index (χ1) is 14.5. The molecule has 30 heavy (non-hydrogen) atoms. The van der Waals surface area contributed by atoms with Crippen LogP contribution in [0.25, 0.3) is 0 Å². The molecule has 0 unspecified atom stereocenters. The number of rotatable bonds is 6. The maximum atomic E-state index is 6.29. The molecule has 0 atom stereocenters. The van der Waals surface area contributed by atoms with Crippen LogP contribution in [0.2, 0.25) is 0 Å². The summed E-state index contributed by atoms with van der Waals surface area (Å²) in [5.41, 5.74) is 10.5. The molecule has 0 saturated heterocycles. The number of aromatic amines is 1. The lowest BCUT2D eigenvalue weighted by atomic mass is 10.1. The second-order valence-electron chi connectivity index (χ2n) is 6.92. The number of hydrogen-bond acceptors (Lipinski definition) is 5. The van der Waals surface area contributed by atoms with Gasteiger partial charge < -0.3 is 15.5 Å². The smallest absolute Gasteiger partial charge is 0.247 e. The van der Waals surface area contributed by atoms with Gasteiger partial charge in [-0.05, 0) is 69.8 Å². The van der Waals surface area contributed by atoms with Crippen LogP contribution in [-0.2, 0) is 6.42 Å². The van der Waals surface area contributed by atoms with Gasteiger partial charge in [-0.2, -0.15) is 0 Å². The van der Waals surface area contributed by atoms with Crippen LogP contribution in [0.3, 0.4) is 0 Å². The van der Waals surface area contributed by atoms with Crippen molar-refractivity contribution in [3.8, 4) is 5.75 Å². The van der Waals surface area contributed by atoms with Crippen molar-refractivity contribution in [3.63, 3.8) is 0 Å². The van der Waals surface area contributed by atoms with Gasteiger partial charge in [-0.3, -0.25) is 0 Å². The minimum absolute atomic E-state index is 0.415. The molecule has 0 bridgehead atoms. The molecule has 0 saturated carbocycles. The first kappa shape index (κ1) is 23.0. The Kier molecular flexibility index (Phi) is 8.50. The van der Waals surface area contributed by atoms with Gasteiger partial charge in [0.1, 0.15) is 11.4 Å². The highest BCUT2D eigenvalue weighted by Crippen LogP contribution is 2.28. The maximum absolute atomic E-state index is 6.29. The highest BCUT2D eigenvalue weighted by Gasteiger charge is 2.17. The topological polar surface area (TPSA) is 88.6 Å². The zero-order valence-electron chi connectivity index (χ0n) is 18.5. The average molecular weight is 406 g/mol. The third-order valence-electron chi connectivity index (χ3n) is 4.49. The van der Waals surface area contributed by atoms with Gasteiger partial charge in [0.15, 0.2) is 5.82 Å². The number of aryl methyl sites for hydroxylation is 4. The van der Waals surface area contributed by atoms with Crippen molar-refractivity contribution in [3.05, 3.63) is 70.7 Å². The van der Waals surface area contributed by atoms with Gasteiger partial charge in [0.2, 0.25) is 5.90 Å². The van der Waals surface area contributed by atoms with Crippen LogP contribution >= 0.6 is 0 Å². The number of nitrogens with one attached hydrogen (secondary N) is 1. The summed E-state index contributed by atoms with van der Waals surface area (Å²) >= 11 is 0. The maximum Gasteiger partial charge on any atom is 0.247 e. The molecule has 6 heteroatoms. The molecule has 0 spiro atoms. The standard InChI is InChI=1S/C23H26N4O.CH5N/c1-6-7-18-8-10-19(11-9-18)27-23(20-22(24-5)26-14-25-20)28-21-16(3)12-15(2)13-17(21)4;1-2/h8-14H,5-7H2,1-4H3,(H,25,26);2H2,1H3. The highest BCUT2D eigenvalue weighted by molar-refractivity contribution is 5.99. The summed E-state index contributed by atoms with van der Waals surface area (Å²) in [4.78, 5) is 16.0. The van der Waals surface area contributed by atoms with Crippen molar-refractivity contribution >= 4 is 24.1 Å². The molecule has 158 valence electrons. The van der Waals surface area contributed by atoms with Crippen molar-refractivity contribution in [2.24, 2.45) is 15.7 Å². The van der Waals surface area contributed by atoms with Crippen molar-refractivity contribution in [2.45, 2.75) is 40.5 Å². The number of nitrogens with zero attached hydrogens (tertiary/aromatic N) is 3. The summed E-state index contributed by atoms with van der Waals surface area (Å²) in [5.74, 6) is 1.67. The van der Waals surface area contributed by atoms with Gasteiger partial charge in [-0.1, -0.05) is 43.2 Å². The third-order valence-corrected chi connectivity index (χ3v) is 4.49. The lowest BCUT2D eigenvalue weighted by molar-refractivity contribution is 0.541. The van der Waals surface area contributed by atoms with Crippen molar-refractivity contribution in [2.75, 3.05) is 7.05 Å². The van der Waals surface area contributed by atoms with E-state index in [1.807, 2.05) is 26.0 Å². The van der Waals surface area contributed by atoms with Gasteiger partial charge in [0.05, 0.1) is 12.0 Å². The number of ether oxygens (including phenoxy) is 1. The molecule has 0 amide bonds. The Labute approximate surface area is 179 Å². The number of imidazole rings is 1. The second-order valence-corrected chi connectivity index (χ2v) is 6.92. The number of benzene rings is 2. The predicted octanol–water partition coefficient (Wildman–Crippen LogP) is 5.35. The van der Waals surface area contributed by atoms with E-state index in [1.165, 1.54) is 18.2 Å². The van der Waals surface area contributed by atoms with E-state index >= 15 is 0 Å². The number of aliphatic imine (C=N–C) groups is 2. The Morgan fingerprint density at radius 3 is 2.30 bits per heavy atom. The molecular formula is C24H31N5O. The number of hydrogen-bond donors (Lipinski definition) is 2. The fraction of sp³-hybridized carbons (Fsp3) is 0.292. The monoisotopic (exact) mass is 405 g/mol. The minimum Gasteiger partial charge on any atom is -0.436 e. The number of nitrogens with two attached hydrogens (primary N) is 1. The third kappa shape index (κ3) is 5.64. The molecule has 3 aromatic rings. The summed E-state index contributed by atoms with van der Waals surface area (Å²) in [5, 5.41) is 0. The summed E-state index contributed by atoms with van der Waals surface area (Å²) in [6.45, 7) is 11.9. The minimum atomic E-state index is 0.415. The van der Waals surface area contributed by atoms with Gasteiger partial charge in [-0.25, -0.2) is 15.0 Å².